The van der Waals surface area contributed by atoms with Crippen LogP contribution in [0.25, 0.3) is 0 Å². The Morgan fingerprint density at radius 1 is 1.25 bits per heavy atom. The fraction of sp³-hybridized carbons (Fsp3) is 0.667. The van der Waals surface area contributed by atoms with Crippen LogP contribution in [0.5, 0.6) is 11.5 Å². The third-order valence-electron chi connectivity index (χ3n) is 5.07. The van der Waals surface area contributed by atoms with Gasteiger partial charge in [0.2, 0.25) is 0 Å². The molecule has 0 aliphatic carbocycles. The van der Waals surface area contributed by atoms with Crippen LogP contribution in [0.4, 0.5) is 0 Å². The summed E-state index contributed by atoms with van der Waals surface area (Å²) in [5.74, 6) is 2.36. The van der Waals surface area contributed by atoms with E-state index in [2.05, 4.69) is 27.4 Å². The van der Waals surface area contributed by atoms with Crippen LogP contribution in [0.1, 0.15) is 45.1 Å². The van der Waals surface area contributed by atoms with E-state index in [9.17, 15) is 0 Å². The second-order valence-electron chi connectivity index (χ2n) is 7.01. The number of hydrogen-bond acceptors (Lipinski definition) is 4. The Morgan fingerprint density at radius 3 is 2.75 bits per heavy atom. The van der Waals surface area contributed by atoms with E-state index in [1.165, 1.54) is 25.8 Å². The van der Waals surface area contributed by atoms with Crippen molar-refractivity contribution in [1.82, 2.24) is 15.5 Å². The van der Waals surface area contributed by atoms with E-state index in [4.69, 9.17) is 9.47 Å². The Balaban J connectivity index is 0.00000392. The Bertz CT molecular complexity index is 598. The molecule has 1 aromatic rings. The Hall–Kier alpha value is -1.22. The number of hydrogen-bond donors (Lipinski definition) is 2. The van der Waals surface area contributed by atoms with Crippen LogP contribution >= 0.6 is 24.0 Å². The Labute approximate surface area is 187 Å². The van der Waals surface area contributed by atoms with E-state index < -0.39 is 0 Å². The molecular weight excluding hydrogens is 467 g/mol. The second kappa shape index (κ2) is 13.9. The smallest absolute Gasteiger partial charge is 0.191 e. The molecule has 1 heterocycles. The summed E-state index contributed by atoms with van der Waals surface area (Å²) in [6.45, 7) is 8.95. The minimum absolute atomic E-state index is 0. The maximum atomic E-state index is 5.57. The van der Waals surface area contributed by atoms with Gasteiger partial charge in [0.15, 0.2) is 17.5 Å². The fourth-order valence-electron chi connectivity index (χ4n) is 3.48. The highest BCUT2D eigenvalue weighted by molar-refractivity contribution is 14.0. The molecule has 1 atom stereocenters. The lowest BCUT2D eigenvalue weighted by atomic mass is 10.0. The van der Waals surface area contributed by atoms with Crippen molar-refractivity contribution < 1.29 is 9.47 Å². The third-order valence-corrected chi connectivity index (χ3v) is 5.07. The minimum atomic E-state index is 0. The van der Waals surface area contributed by atoms with Crippen molar-refractivity contribution in [3.63, 3.8) is 0 Å². The first-order valence-electron chi connectivity index (χ1n) is 10.2. The fourth-order valence-corrected chi connectivity index (χ4v) is 3.48. The molecule has 0 saturated carbocycles. The molecule has 0 bridgehead atoms. The number of benzene rings is 1. The summed E-state index contributed by atoms with van der Waals surface area (Å²) >= 11 is 0. The monoisotopic (exact) mass is 504 g/mol. The molecule has 0 spiro atoms. The van der Waals surface area contributed by atoms with E-state index in [-0.39, 0.29) is 24.0 Å². The van der Waals surface area contributed by atoms with Crippen molar-refractivity contribution in [2.24, 2.45) is 4.99 Å². The first-order valence-corrected chi connectivity index (χ1v) is 10.2. The maximum Gasteiger partial charge on any atom is 0.191 e. The van der Waals surface area contributed by atoms with Crippen molar-refractivity contribution in [2.45, 2.75) is 52.1 Å². The lowest BCUT2D eigenvalue weighted by Gasteiger charge is -2.33. The molecule has 7 heteroatoms. The minimum Gasteiger partial charge on any atom is -0.493 e. The Morgan fingerprint density at radius 2 is 2.07 bits per heavy atom. The lowest BCUT2D eigenvalue weighted by Crippen LogP contribution is -2.41. The first-order chi connectivity index (χ1) is 13.2. The van der Waals surface area contributed by atoms with Crippen LogP contribution in [0.3, 0.4) is 0 Å². The van der Waals surface area contributed by atoms with Gasteiger partial charge in [-0.05, 0) is 57.4 Å². The summed E-state index contributed by atoms with van der Waals surface area (Å²) in [5.41, 5.74) is 1.13. The summed E-state index contributed by atoms with van der Waals surface area (Å²) in [6.07, 6.45) is 5.18. The first kappa shape index (κ1) is 24.8. The van der Waals surface area contributed by atoms with Gasteiger partial charge in [-0.25, -0.2) is 0 Å². The van der Waals surface area contributed by atoms with Gasteiger partial charge in [0.25, 0.3) is 0 Å². The van der Waals surface area contributed by atoms with Gasteiger partial charge >= 0.3 is 0 Å². The molecule has 28 heavy (non-hydrogen) atoms. The standard InChI is InChI=1S/C21H36N4O2.HI/c1-5-27-19-11-10-18(15-20(19)26-4)16-24-21(22-3)23-12-8-14-25-13-7-6-9-17(25)2;/h10-11,15,17H,5-9,12-14,16H2,1-4H3,(H2,22,23,24);1H. The topological polar surface area (TPSA) is 58.1 Å². The lowest BCUT2D eigenvalue weighted by molar-refractivity contribution is 0.159. The molecule has 1 saturated heterocycles. The van der Waals surface area contributed by atoms with Crippen LogP contribution in [0.15, 0.2) is 23.2 Å². The third kappa shape index (κ3) is 8.03. The second-order valence-corrected chi connectivity index (χ2v) is 7.01. The summed E-state index contributed by atoms with van der Waals surface area (Å²) in [6, 6.07) is 6.73. The van der Waals surface area contributed by atoms with Gasteiger partial charge in [-0.15, -0.1) is 24.0 Å². The van der Waals surface area contributed by atoms with E-state index in [1.54, 1.807) is 14.2 Å². The maximum absolute atomic E-state index is 5.57. The average Bonchev–Trinajstić information content (AvgIpc) is 2.69. The molecule has 1 unspecified atom stereocenters. The number of aliphatic imine (C=N–C) groups is 1. The van der Waals surface area contributed by atoms with Crippen molar-refractivity contribution in [3.05, 3.63) is 23.8 Å². The van der Waals surface area contributed by atoms with Gasteiger partial charge in [0.05, 0.1) is 13.7 Å². The molecule has 1 fully saturated rings. The van der Waals surface area contributed by atoms with Gasteiger partial charge in [-0.1, -0.05) is 12.5 Å². The molecule has 2 rings (SSSR count). The van der Waals surface area contributed by atoms with E-state index in [0.717, 1.165) is 48.6 Å². The van der Waals surface area contributed by atoms with Crippen LogP contribution < -0.4 is 20.1 Å². The van der Waals surface area contributed by atoms with Crippen LogP contribution in [0.2, 0.25) is 0 Å². The molecule has 0 amide bonds. The normalized spacial score (nSPS) is 17.6. The highest BCUT2D eigenvalue weighted by atomic mass is 127. The van der Waals surface area contributed by atoms with Gasteiger partial charge in [-0.2, -0.15) is 0 Å². The van der Waals surface area contributed by atoms with Gasteiger partial charge in [0.1, 0.15) is 0 Å². The van der Waals surface area contributed by atoms with E-state index in [1.807, 2.05) is 25.1 Å². The SMILES string of the molecule is CCOc1ccc(CNC(=NC)NCCCN2CCCCC2C)cc1OC.I. The molecular formula is C21H37IN4O2. The highest BCUT2D eigenvalue weighted by Crippen LogP contribution is 2.27. The van der Waals surface area contributed by atoms with Gasteiger partial charge in [-0.3, -0.25) is 4.99 Å². The zero-order valence-corrected chi connectivity index (χ0v) is 20.1. The van der Waals surface area contributed by atoms with Crippen LogP contribution in [-0.2, 0) is 6.54 Å². The highest BCUT2D eigenvalue weighted by Gasteiger charge is 2.17. The van der Waals surface area contributed by atoms with Crippen LogP contribution in [0, 0.1) is 0 Å². The Kier molecular flexibility index (Phi) is 12.3. The van der Waals surface area contributed by atoms with Crippen molar-refractivity contribution in [1.29, 1.82) is 0 Å². The van der Waals surface area contributed by atoms with Gasteiger partial charge in [0, 0.05) is 32.7 Å². The predicted molar refractivity (Wildman–Crippen MR) is 127 cm³/mol. The van der Waals surface area contributed by atoms with Gasteiger partial charge < -0.3 is 25.0 Å². The summed E-state index contributed by atoms with van der Waals surface area (Å²) in [4.78, 5) is 6.92. The number of guanidine groups is 1. The molecule has 1 aliphatic heterocycles. The molecule has 0 aromatic heterocycles. The van der Waals surface area contributed by atoms with Crippen LogP contribution in [-0.4, -0.2) is 57.3 Å². The quantitative estimate of drug-likeness (QED) is 0.233. The summed E-state index contributed by atoms with van der Waals surface area (Å²) in [7, 11) is 3.47. The average molecular weight is 504 g/mol. The van der Waals surface area contributed by atoms with Crippen molar-refractivity contribution >= 4 is 29.9 Å². The van der Waals surface area contributed by atoms with E-state index >= 15 is 0 Å². The molecule has 2 N–H and O–H groups in total. The number of nitrogens with one attached hydrogen (secondary N) is 2. The zero-order valence-electron chi connectivity index (χ0n) is 17.8. The van der Waals surface area contributed by atoms with Crippen molar-refractivity contribution in [3.8, 4) is 11.5 Å². The number of methoxy groups -OCH3 is 1. The van der Waals surface area contributed by atoms with E-state index in [0.29, 0.717) is 13.2 Å². The molecule has 1 aliphatic rings. The number of likely N-dealkylation sites (tertiary alicyclic amines) is 1. The molecule has 0 radical (unpaired) electrons. The number of ether oxygens (including phenoxy) is 2. The summed E-state index contributed by atoms with van der Waals surface area (Å²) < 4.78 is 11.0. The number of halogens is 1. The number of rotatable bonds is 9. The molecule has 160 valence electrons. The number of piperidine rings is 1. The summed E-state index contributed by atoms with van der Waals surface area (Å²) in [5, 5.41) is 6.78. The molecule has 6 nitrogen and oxygen atoms in total. The van der Waals surface area contributed by atoms with Crippen molar-refractivity contribution in [2.75, 3.05) is 40.4 Å². The predicted octanol–water partition coefficient (Wildman–Crippen LogP) is 3.64. The molecule has 1 aromatic carbocycles. The largest absolute Gasteiger partial charge is 0.493 e. The zero-order chi connectivity index (χ0) is 19.5. The number of nitrogens with zero attached hydrogens (tertiary/aromatic N) is 2.